The van der Waals surface area contributed by atoms with Gasteiger partial charge in [-0.1, -0.05) is 12.1 Å². The van der Waals surface area contributed by atoms with Crippen molar-refractivity contribution in [2.75, 3.05) is 13.2 Å². The molecule has 0 saturated carbocycles. The molecule has 0 spiro atoms. The van der Waals surface area contributed by atoms with Crippen molar-refractivity contribution in [3.8, 4) is 5.75 Å². The monoisotopic (exact) mass is 459 g/mol. The van der Waals surface area contributed by atoms with Crippen molar-refractivity contribution >= 4 is 29.9 Å². The first kappa shape index (κ1) is 22.8. The molecule has 0 saturated heterocycles. The maximum Gasteiger partial charge on any atom is 0.422 e. The van der Waals surface area contributed by atoms with E-state index in [-0.39, 0.29) is 35.3 Å². The molecule has 1 rings (SSSR count). The van der Waals surface area contributed by atoms with Crippen LogP contribution in [-0.4, -0.2) is 30.8 Å². The van der Waals surface area contributed by atoms with E-state index in [1.165, 1.54) is 12.1 Å². The predicted molar refractivity (Wildman–Crippen MR) is 101 cm³/mol. The Hall–Kier alpha value is -1.19. The lowest BCUT2D eigenvalue weighted by Gasteiger charge is -2.23. The fraction of sp³-hybridized carbons (Fsp3) is 0.562. The van der Waals surface area contributed by atoms with Gasteiger partial charge in [0.25, 0.3) is 0 Å². The van der Waals surface area contributed by atoms with E-state index in [0.717, 1.165) is 12.1 Å². The second-order valence-corrected chi connectivity index (χ2v) is 6.12. The second kappa shape index (κ2) is 9.95. The molecule has 0 aliphatic rings. The fourth-order valence-electron chi connectivity index (χ4n) is 1.69. The smallest absolute Gasteiger partial charge is 0.422 e. The summed E-state index contributed by atoms with van der Waals surface area (Å²) >= 11 is 0. The number of hydrogen-bond acceptors (Lipinski definition) is 2. The van der Waals surface area contributed by atoms with E-state index in [1.807, 2.05) is 27.7 Å². The number of alkyl halides is 3. The van der Waals surface area contributed by atoms with Gasteiger partial charge in [0.1, 0.15) is 5.75 Å². The molecule has 24 heavy (non-hydrogen) atoms. The van der Waals surface area contributed by atoms with Gasteiger partial charge in [0.15, 0.2) is 12.6 Å². The van der Waals surface area contributed by atoms with Gasteiger partial charge in [0.05, 0.1) is 6.54 Å². The third kappa shape index (κ3) is 10.6. The first-order valence-corrected chi connectivity index (χ1v) is 7.44. The Balaban J connectivity index is 0.00000529. The van der Waals surface area contributed by atoms with Crippen LogP contribution in [0, 0.1) is 0 Å². The molecular formula is C16H25F3IN3O. The molecule has 0 aliphatic carbocycles. The van der Waals surface area contributed by atoms with Gasteiger partial charge in [0.2, 0.25) is 0 Å². The van der Waals surface area contributed by atoms with E-state index in [9.17, 15) is 13.2 Å². The van der Waals surface area contributed by atoms with Gasteiger partial charge in [-0.05, 0) is 45.4 Å². The Morgan fingerprint density at radius 3 is 2.17 bits per heavy atom. The number of nitrogens with one attached hydrogen (secondary N) is 2. The molecule has 0 radical (unpaired) electrons. The normalized spacial score (nSPS) is 12.4. The number of hydrogen-bond donors (Lipinski definition) is 2. The minimum absolute atomic E-state index is 0. The topological polar surface area (TPSA) is 45.7 Å². The summed E-state index contributed by atoms with van der Waals surface area (Å²) in [5, 5.41) is 6.41. The molecule has 8 heteroatoms. The molecule has 1 aromatic carbocycles. The van der Waals surface area contributed by atoms with Crippen LogP contribution in [0.3, 0.4) is 0 Å². The largest absolute Gasteiger partial charge is 0.484 e. The quantitative estimate of drug-likeness (QED) is 0.396. The molecule has 0 bridgehead atoms. The summed E-state index contributed by atoms with van der Waals surface area (Å²) in [6.45, 7) is 7.96. The van der Waals surface area contributed by atoms with E-state index < -0.39 is 12.8 Å². The van der Waals surface area contributed by atoms with Crippen molar-refractivity contribution in [1.82, 2.24) is 10.6 Å². The Bertz CT molecular complexity index is 511. The van der Waals surface area contributed by atoms with Gasteiger partial charge in [-0.2, -0.15) is 13.2 Å². The van der Waals surface area contributed by atoms with Crippen LogP contribution >= 0.6 is 24.0 Å². The van der Waals surface area contributed by atoms with Crippen LogP contribution in [0.15, 0.2) is 29.3 Å². The Morgan fingerprint density at radius 1 is 1.12 bits per heavy atom. The predicted octanol–water partition coefficient (Wildman–Crippen LogP) is 4.10. The van der Waals surface area contributed by atoms with Crippen molar-refractivity contribution < 1.29 is 17.9 Å². The highest BCUT2D eigenvalue weighted by atomic mass is 127. The van der Waals surface area contributed by atoms with E-state index in [1.54, 1.807) is 12.1 Å². The highest BCUT2D eigenvalue weighted by Crippen LogP contribution is 2.19. The van der Waals surface area contributed by atoms with Crippen LogP contribution in [0.4, 0.5) is 13.2 Å². The molecule has 138 valence electrons. The number of rotatable bonds is 5. The Labute approximate surface area is 158 Å². The van der Waals surface area contributed by atoms with Crippen molar-refractivity contribution in [3.63, 3.8) is 0 Å². The molecule has 0 atom stereocenters. The molecule has 0 fully saturated rings. The third-order valence-corrected chi connectivity index (χ3v) is 2.58. The molecule has 4 nitrogen and oxygen atoms in total. The summed E-state index contributed by atoms with van der Waals surface area (Å²) in [6.07, 6.45) is -4.33. The SMILES string of the molecule is CCNC(=NCc1ccc(OCC(F)(F)F)cc1)NC(C)(C)C.I. The average Bonchev–Trinajstić information content (AvgIpc) is 2.41. The number of ether oxygens (including phenoxy) is 1. The number of benzene rings is 1. The zero-order chi connectivity index (χ0) is 17.5. The molecule has 0 unspecified atom stereocenters. The summed E-state index contributed by atoms with van der Waals surface area (Å²) in [5.41, 5.74) is 0.770. The zero-order valence-electron chi connectivity index (χ0n) is 14.3. The van der Waals surface area contributed by atoms with Crippen molar-refractivity contribution in [1.29, 1.82) is 0 Å². The number of aliphatic imine (C=N–C) groups is 1. The van der Waals surface area contributed by atoms with Crippen molar-refractivity contribution in [2.24, 2.45) is 4.99 Å². The van der Waals surface area contributed by atoms with Crippen LogP contribution < -0.4 is 15.4 Å². The second-order valence-electron chi connectivity index (χ2n) is 6.12. The standard InChI is InChI=1S/C16H24F3N3O.HI/c1-5-20-14(22-15(2,3)4)21-10-12-6-8-13(9-7-12)23-11-16(17,18)19;/h6-9H,5,10-11H2,1-4H3,(H2,20,21,22);1H. The van der Waals surface area contributed by atoms with Gasteiger partial charge in [0, 0.05) is 12.1 Å². The van der Waals surface area contributed by atoms with Gasteiger partial charge in [-0.25, -0.2) is 4.99 Å². The fourth-order valence-corrected chi connectivity index (χ4v) is 1.69. The van der Waals surface area contributed by atoms with Gasteiger partial charge in [-0.15, -0.1) is 24.0 Å². The maximum atomic E-state index is 12.1. The molecule has 0 aromatic heterocycles. The lowest BCUT2D eigenvalue weighted by atomic mass is 10.1. The summed E-state index contributed by atoms with van der Waals surface area (Å²) in [7, 11) is 0. The third-order valence-electron chi connectivity index (χ3n) is 2.58. The number of nitrogens with zero attached hydrogens (tertiary/aromatic N) is 1. The van der Waals surface area contributed by atoms with Crippen LogP contribution in [0.25, 0.3) is 0 Å². The van der Waals surface area contributed by atoms with Crippen molar-refractivity contribution in [3.05, 3.63) is 29.8 Å². The lowest BCUT2D eigenvalue weighted by Crippen LogP contribution is -2.47. The van der Waals surface area contributed by atoms with Gasteiger partial charge in [-0.3, -0.25) is 0 Å². The molecule has 0 amide bonds. The van der Waals surface area contributed by atoms with Crippen LogP contribution in [0.1, 0.15) is 33.3 Å². The first-order valence-electron chi connectivity index (χ1n) is 7.44. The molecular weight excluding hydrogens is 434 g/mol. The van der Waals surface area contributed by atoms with Crippen LogP contribution in [0.5, 0.6) is 5.75 Å². The Morgan fingerprint density at radius 2 is 1.71 bits per heavy atom. The molecule has 0 heterocycles. The minimum atomic E-state index is -4.33. The Kier molecular flexibility index (Phi) is 9.46. The highest BCUT2D eigenvalue weighted by molar-refractivity contribution is 14.0. The summed E-state index contributed by atoms with van der Waals surface area (Å²) in [6, 6.07) is 6.44. The summed E-state index contributed by atoms with van der Waals surface area (Å²) < 4.78 is 40.9. The molecule has 2 N–H and O–H groups in total. The van der Waals surface area contributed by atoms with Crippen LogP contribution in [-0.2, 0) is 6.54 Å². The van der Waals surface area contributed by atoms with E-state index in [0.29, 0.717) is 12.5 Å². The summed E-state index contributed by atoms with van der Waals surface area (Å²) in [5.74, 6) is 0.882. The average molecular weight is 459 g/mol. The highest BCUT2D eigenvalue weighted by Gasteiger charge is 2.28. The van der Waals surface area contributed by atoms with E-state index in [2.05, 4.69) is 20.4 Å². The van der Waals surface area contributed by atoms with Crippen LogP contribution in [0.2, 0.25) is 0 Å². The maximum absolute atomic E-state index is 12.1. The van der Waals surface area contributed by atoms with E-state index in [4.69, 9.17) is 0 Å². The molecule has 1 aromatic rings. The molecule has 0 aliphatic heterocycles. The number of guanidine groups is 1. The zero-order valence-corrected chi connectivity index (χ0v) is 16.7. The minimum Gasteiger partial charge on any atom is -0.484 e. The van der Waals surface area contributed by atoms with Crippen molar-refractivity contribution in [2.45, 2.75) is 46.0 Å². The van der Waals surface area contributed by atoms with Gasteiger partial charge >= 0.3 is 6.18 Å². The summed E-state index contributed by atoms with van der Waals surface area (Å²) in [4.78, 5) is 4.46. The van der Waals surface area contributed by atoms with Gasteiger partial charge < -0.3 is 15.4 Å². The first-order chi connectivity index (χ1) is 10.6. The lowest BCUT2D eigenvalue weighted by molar-refractivity contribution is -0.153. The van der Waals surface area contributed by atoms with E-state index >= 15 is 0 Å². The number of halogens is 4.